The molecule has 3 fully saturated rings. The summed E-state index contributed by atoms with van der Waals surface area (Å²) in [6, 6.07) is 12.8. The van der Waals surface area contributed by atoms with Crippen LogP contribution in [-0.2, 0) is 9.53 Å². The summed E-state index contributed by atoms with van der Waals surface area (Å²) in [7, 11) is 0. The minimum atomic E-state index is -0.380. The van der Waals surface area contributed by atoms with Crippen molar-refractivity contribution in [2.45, 2.75) is 118 Å². The van der Waals surface area contributed by atoms with Gasteiger partial charge in [-0.1, -0.05) is 83.7 Å². The maximum absolute atomic E-state index is 13.0. The molecule has 0 spiro atoms. The second-order valence-electron chi connectivity index (χ2n) is 17.0. The molecule has 0 radical (unpaired) electrons. The highest BCUT2D eigenvalue weighted by Crippen LogP contribution is 2.65. The van der Waals surface area contributed by atoms with Crippen LogP contribution in [0.3, 0.4) is 0 Å². The van der Waals surface area contributed by atoms with Crippen LogP contribution in [0.4, 0.5) is 0 Å². The van der Waals surface area contributed by atoms with E-state index in [1.165, 1.54) is 63.4 Å². The highest BCUT2D eigenvalue weighted by atomic mass is 16.6. The minimum Gasteiger partial charge on any atom is -0.482 e. The largest absolute Gasteiger partial charge is 0.482 e. The van der Waals surface area contributed by atoms with Gasteiger partial charge in [-0.25, -0.2) is 9.59 Å². The van der Waals surface area contributed by atoms with E-state index < -0.39 is 0 Å². The van der Waals surface area contributed by atoms with Gasteiger partial charge in [-0.2, -0.15) is 0 Å². The maximum Gasteiger partial charge on any atom is 0.344 e. The van der Waals surface area contributed by atoms with Crippen LogP contribution in [0.1, 0.15) is 112 Å². The van der Waals surface area contributed by atoms with Gasteiger partial charge in [-0.15, -0.1) is 0 Å². The molecule has 0 saturated heterocycles. The molecule has 0 aliphatic heterocycles. The number of fused-ring (bicyclic) bond motifs is 8. The lowest BCUT2D eigenvalue weighted by Gasteiger charge is -2.61. The molecule has 1 aromatic heterocycles. The Morgan fingerprint density at radius 3 is 2.56 bits per heavy atom. The second kappa shape index (κ2) is 13.3. The Kier molecular flexibility index (Phi) is 9.28. The first-order chi connectivity index (χ1) is 23.0. The van der Waals surface area contributed by atoms with E-state index in [0.717, 1.165) is 65.5 Å². The number of hydrogen-bond acceptors (Lipinski definition) is 5. The molecule has 258 valence electrons. The molecule has 0 amide bonds. The van der Waals surface area contributed by atoms with Crippen molar-refractivity contribution in [1.82, 2.24) is 0 Å². The van der Waals surface area contributed by atoms with Gasteiger partial charge in [0.2, 0.25) is 0 Å². The summed E-state index contributed by atoms with van der Waals surface area (Å²) in [4.78, 5) is 25.4. The molecule has 4 aliphatic rings. The van der Waals surface area contributed by atoms with Gasteiger partial charge in [0.15, 0.2) is 6.61 Å². The number of allylic oxidation sites excluding steroid dienone is 1. The van der Waals surface area contributed by atoms with E-state index in [2.05, 4.69) is 40.7 Å². The van der Waals surface area contributed by atoms with Crippen LogP contribution in [0.15, 0.2) is 63.3 Å². The molecule has 0 bridgehead atoms. The van der Waals surface area contributed by atoms with Gasteiger partial charge < -0.3 is 13.9 Å². The first kappa shape index (κ1) is 33.4. The summed E-state index contributed by atoms with van der Waals surface area (Å²) in [5.41, 5.74) is 2.32. The van der Waals surface area contributed by atoms with Crippen molar-refractivity contribution >= 4 is 27.7 Å². The first-order valence-corrected chi connectivity index (χ1v) is 19.0. The van der Waals surface area contributed by atoms with Crippen molar-refractivity contribution in [3.63, 3.8) is 0 Å². The molecule has 0 unspecified atom stereocenters. The first-order valence-electron chi connectivity index (χ1n) is 19.0. The van der Waals surface area contributed by atoms with Gasteiger partial charge in [0.1, 0.15) is 17.4 Å². The van der Waals surface area contributed by atoms with E-state index in [0.29, 0.717) is 22.1 Å². The van der Waals surface area contributed by atoms with Crippen molar-refractivity contribution in [1.29, 1.82) is 0 Å². The van der Waals surface area contributed by atoms with Gasteiger partial charge in [0.05, 0.1) is 5.39 Å². The lowest BCUT2D eigenvalue weighted by Crippen LogP contribution is -2.52. The highest BCUT2D eigenvalue weighted by Gasteiger charge is 2.56. The smallest absolute Gasteiger partial charge is 0.344 e. The lowest BCUT2D eigenvalue weighted by atomic mass is 9.44. The van der Waals surface area contributed by atoms with E-state index in [4.69, 9.17) is 13.9 Å². The fraction of sp³-hybridized carbons (Fsp3) is 0.628. The molecule has 2 aromatic carbocycles. The number of benzene rings is 2. The predicted molar refractivity (Wildman–Crippen MR) is 193 cm³/mol. The molecule has 5 heteroatoms. The molecule has 8 atom stereocenters. The number of ether oxygens (including phenoxy) is 2. The fourth-order valence-corrected chi connectivity index (χ4v) is 10.9. The Bertz CT molecular complexity index is 1730. The van der Waals surface area contributed by atoms with Gasteiger partial charge in [-0.05, 0) is 121 Å². The van der Waals surface area contributed by atoms with E-state index in [1.807, 2.05) is 30.3 Å². The van der Waals surface area contributed by atoms with Crippen LogP contribution >= 0.6 is 0 Å². The zero-order chi connectivity index (χ0) is 33.6. The topological polar surface area (TPSA) is 65.7 Å². The molecule has 1 heterocycles. The van der Waals surface area contributed by atoms with Gasteiger partial charge >= 0.3 is 11.6 Å². The average molecular weight is 653 g/mol. The fourth-order valence-electron chi connectivity index (χ4n) is 10.9. The van der Waals surface area contributed by atoms with E-state index in [-0.39, 0.29) is 29.7 Å². The SMILES string of the molecule is CC(C)CCC[C@H](C)[C@@H]1CC[C@@H]2[C@@H]3CC=C4C[C@@H](OC(=O)COc5ccc6c(c5)oc(=O)c5ccccc56)CC[C@]4(C)[C@@H]3CC[C@]2(C)C1. The van der Waals surface area contributed by atoms with Crippen molar-refractivity contribution in [2.24, 2.45) is 46.3 Å². The second-order valence-corrected chi connectivity index (χ2v) is 17.0. The maximum atomic E-state index is 13.0. The average Bonchev–Trinajstić information content (AvgIpc) is 3.06. The number of rotatable bonds is 9. The Hall–Kier alpha value is -3.08. The van der Waals surface area contributed by atoms with Gasteiger partial charge in [0.25, 0.3) is 0 Å². The molecule has 7 rings (SSSR count). The summed E-state index contributed by atoms with van der Waals surface area (Å²) in [6.45, 7) is 12.3. The summed E-state index contributed by atoms with van der Waals surface area (Å²) in [5.74, 6) is 5.10. The highest BCUT2D eigenvalue weighted by molar-refractivity contribution is 6.04. The Labute approximate surface area is 286 Å². The van der Waals surface area contributed by atoms with E-state index >= 15 is 0 Å². The summed E-state index contributed by atoms with van der Waals surface area (Å²) >= 11 is 0. The molecular weight excluding hydrogens is 596 g/mol. The molecule has 5 nitrogen and oxygen atoms in total. The summed E-state index contributed by atoms with van der Waals surface area (Å²) in [5, 5.41) is 2.23. The molecule has 3 aromatic rings. The van der Waals surface area contributed by atoms with Crippen LogP contribution in [0.25, 0.3) is 21.7 Å². The van der Waals surface area contributed by atoms with Crippen LogP contribution < -0.4 is 10.4 Å². The molecule has 0 N–H and O–H groups in total. The number of hydrogen-bond donors (Lipinski definition) is 0. The van der Waals surface area contributed by atoms with Crippen molar-refractivity contribution in [3.05, 3.63) is 64.5 Å². The quantitative estimate of drug-likeness (QED) is 0.0996. The zero-order valence-electron chi connectivity index (χ0n) is 29.9. The lowest BCUT2D eigenvalue weighted by molar-refractivity contribution is -0.154. The normalized spacial score (nSPS) is 32.2. The van der Waals surface area contributed by atoms with Crippen molar-refractivity contribution in [3.8, 4) is 5.75 Å². The van der Waals surface area contributed by atoms with E-state index in [9.17, 15) is 9.59 Å². The number of carbonyl (C=O) groups excluding carboxylic acids is 1. The van der Waals surface area contributed by atoms with Crippen LogP contribution in [0.2, 0.25) is 0 Å². The standard InChI is InChI=1S/C43H56O5/c1-27(2)9-8-10-28(3)29-13-18-37-36-16-14-30-23-32(19-22-43(30,5)38(36)20-21-42(37,4)25-29)47-40(44)26-46-31-15-17-34-33-11-6-7-12-35(33)41(45)48-39(34)24-31/h6-7,11-12,14-15,17,24,27-29,32,36-38H,8-10,13,16,18-23,25-26H2,1-5H3/t28-,29+,32-,36-,37+,38+,42+,43-/m0/s1. The third-order valence-electron chi connectivity index (χ3n) is 13.6. The summed E-state index contributed by atoms with van der Waals surface area (Å²) in [6.07, 6.45) is 17.7. The molecular formula is C43H56O5. The Balaban J connectivity index is 0.947. The third-order valence-corrected chi connectivity index (χ3v) is 13.6. The Morgan fingerprint density at radius 2 is 1.75 bits per heavy atom. The minimum absolute atomic E-state index is 0.0977. The predicted octanol–water partition coefficient (Wildman–Crippen LogP) is 10.7. The third kappa shape index (κ3) is 6.36. The summed E-state index contributed by atoms with van der Waals surface area (Å²) < 4.78 is 17.4. The molecule has 48 heavy (non-hydrogen) atoms. The van der Waals surface area contributed by atoms with Crippen LogP contribution in [0, 0.1) is 46.3 Å². The number of carbonyl (C=O) groups is 1. The number of esters is 1. The molecule has 4 aliphatic carbocycles. The zero-order valence-corrected chi connectivity index (χ0v) is 29.9. The Morgan fingerprint density at radius 1 is 0.938 bits per heavy atom. The van der Waals surface area contributed by atoms with Crippen LogP contribution in [0.5, 0.6) is 5.75 Å². The van der Waals surface area contributed by atoms with E-state index in [1.54, 1.807) is 12.1 Å². The van der Waals surface area contributed by atoms with Gasteiger partial charge in [0, 0.05) is 17.9 Å². The molecule has 3 saturated carbocycles. The van der Waals surface area contributed by atoms with Crippen molar-refractivity contribution < 1.29 is 18.7 Å². The monoisotopic (exact) mass is 652 g/mol. The van der Waals surface area contributed by atoms with Crippen LogP contribution in [-0.4, -0.2) is 18.7 Å². The van der Waals surface area contributed by atoms with Crippen molar-refractivity contribution in [2.75, 3.05) is 6.61 Å². The van der Waals surface area contributed by atoms with Gasteiger partial charge in [-0.3, -0.25) is 0 Å².